The Kier molecular flexibility index (Phi) is 23.4. The average Bonchev–Trinajstić information content (AvgIpc) is 2.61. The van der Waals surface area contributed by atoms with Crippen LogP contribution < -0.4 is 34.8 Å². The maximum absolute atomic E-state index is 12.0. The molecule has 0 bridgehead atoms. The predicted octanol–water partition coefficient (Wildman–Crippen LogP) is -0.896. The van der Waals surface area contributed by atoms with Crippen LogP contribution in [0.3, 0.4) is 0 Å². The first-order valence-corrected chi connectivity index (χ1v) is 9.48. The van der Waals surface area contributed by atoms with E-state index in [2.05, 4.69) is 23.2 Å². The second kappa shape index (κ2) is 21.4. The predicted molar refractivity (Wildman–Crippen MR) is 90.0 cm³/mol. The van der Waals surface area contributed by atoms with Crippen molar-refractivity contribution in [3.63, 3.8) is 0 Å². The molecule has 1 unspecified atom stereocenters. The molecule has 0 aliphatic carbocycles. The monoisotopic (exact) mass is 404 g/mol. The summed E-state index contributed by atoms with van der Waals surface area (Å²) in [4.78, 5) is 23.7. The smallest absolute Gasteiger partial charge is 0.691 e. The van der Waals surface area contributed by atoms with Crippen LogP contribution in [0.2, 0.25) is 0 Å². The van der Waals surface area contributed by atoms with Crippen molar-refractivity contribution < 1.29 is 68.0 Å². The van der Waals surface area contributed by atoms with Crippen LogP contribution in [0.4, 0.5) is 0 Å². The third-order valence-corrected chi connectivity index (χ3v) is 3.90. The maximum atomic E-state index is 12.0. The van der Waals surface area contributed by atoms with Gasteiger partial charge in [-0.3, -0.25) is 14.6 Å². The van der Waals surface area contributed by atoms with Crippen LogP contribution in [-0.4, -0.2) is 43.6 Å². The molecule has 0 rings (SSSR count). The van der Waals surface area contributed by atoms with E-state index in [9.17, 15) is 14.8 Å². The van der Waals surface area contributed by atoms with Crippen LogP contribution in [0.5, 0.6) is 0 Å². The first-order chi connectivity index (χ1) is 12.2. The number of rotatable bonds is 17. The molecule has 1 atom stereocenters. The molecule has 26 heavy (non-hydrogen) atoms. The van der Waals surface area contributed by atoms with Gasteiger partial charge in [0.15, 0.2) is 0 Å². The largest absolute Gasteiger partial charge is 1.00 e. The number of unbranched alkanes of at least 4 members (excludes halogenated alkanes) is 4. The molecule has 0 heterocycles. The molecule has 10 heteroatoms. The van der Waals surface area contributed by atoms with Gasteiger partial charge in [0.25, 0.3) is 0 Å². The van der Waals surface area contributed by atoms with Gasteiger partial charge in [-0.15, -0.1) is 0 Å². The van der Waals surface area contributed by atoms with Gasteiger partial charge >= 0.3 is 41.5 Å². The van der Waals surface area contributed by atoms with Gasteiger partial charge in [0.2, 0.25) is 0 Å². The fraction of sp³-hybridized carbons (Fsp3) is 0.875. The third kappa shape index (κ3) is 17.5. The molecular formula is C16H29NaO8S. The van der Waals surface area contributed by atoms with Crippen LogP contribution in [0.25, 0.3) is 0 Å². The number of ether oxygens (including phenoxy) is 3. The van der Waals surface area contributed by atoms with E-state index in [1.807, 2.05) is 0 Å². The third-order valence-electron chi connectivity index (χ3n) is 3.17. The number of hydrogen-bond acceptors (Lipinski definition) is 9. The van der Waals surface area contributed by atoms with E-state index in [4.69, 9.17) is 14.2 Å². The van der Waals surface area contributed by atoms with Gasteiger partial charge < -0.3 is 19.5 Å². The second-order valence-electron chi connectivity index (χ2n) is 5.34. The Morgan fingerprint density at radius 1 is 0.923 bits per heavy atom. The molecule has 0 fully saturated rings. The summed E-state index contributed by atoms with van der Waals surface area (Å²) in [6, 6.07) is 0. The van der Waals surface area contributed by atoms with Gasteiger partial charge in [0, 0.05) is 18.6 Å². The summed E-state index contributed by atoms with van der Waals surface area (Å²) in [6.07, 6.45) is 5.54. The average molecular weight is 404 g/mol. The second-order valence-corrected chi connectivity index (χ2v) is 6.24. The SMILES string of the molecule is CCCCCCOC(=O)C(CC(=O)OCCOCCCC)SOO[O-].[Na+]. The summed E-state index contributed by atoms with van der Waals surface area (Å²) < 4.78 is 19.5. The topological polar surface area (TPSA) is 103 Å². The van der Waals surface area contributed by atoms with E-state index in [1.165, 1.54) is 0 Å². The van der Waals surface area contributed by atoms with Crippen molar-refractivity contribution in [1.29, 1.82) is 0 Å². The van der Waals surface area contributed by atoms with Gasteiger partial charge in [-0.1, -0.05) is 39.5 Å². The van der Waals surface area contributed by atoms with Crippen LogP contribution in [0, 0.1) is 0 Å². The van der Waals surface area contributed by atoms with E-state index in [1.54, 1.807) is 0 Å². The van der Waals surface area contributed by atoms with Crippen molar-refractivity contribution in [3.8, 4) is 0 Å². The van der Waals surface area contributed by atoms with Crippen molar-refractivity contribution in [2.24, 2.45) is 0 Å². The fourth-order valence-electron chi connectivity index (χ4n) is 1.79. The standard InChI is InChI=1S/C16H30O8S.Na/c1-3-5-7-8-10-22-16(18)14(25-24-23-19)13-15(17)21-12-11-20-9-6-4-2;/h14,19H,3-13H2,1-2H3;/q;+1/p-1. The molecule has 0 saturated carbocycles. The molecule has 8 nitrogen and oxygen atoms in total. The molecule has 0 aliphatic heterocycles. The molecule has 0 aromatic carbocycles. The van der Waals surface area contributed by atoms with Gasteiger partial charge in [-0.2, -0.15) is 4.33 Å². The molecule has 148 valence electrons. The summed E-state index contributed by atoms with van der Waals surface area (Å²) in [7, 11) is 0. The molecule has 0 aromatic rings. The van der Waals surface area contributed by atoms with Gasteiger partial charge in [-0.05, 0) is 12.8 Å². The number of carbonyl (C=O) groups excluding carboxylic acids is 2. The van der Waals surface area contributed by atoms with Gasteiger partial charge in [0.1, 0.15) is 11.9 Å². The van der Waals surface area contributed by atoms with E-state index in [0.717, 1.165) is 38.5 Å². The first-order valence-electron chi connectivity index (χ1n) is 8.67. The van der Waals surface area contributed by atoms with Crippen LogP contribution in [0.15, 0.2) is 0 Å². The van der Waals surface area contributed by atoms with Crippen molar-refractivity contribution in [3.05, 3.63) is 0 Å². The van der Waals surface area contributed by atoms with Crippen LogP contribution >= 0.6 is 12.0 Å². The minimum Gasteiger partial charge on any atom is -0.691 e. The Bertz CT molecular complexity index is 346. The first kappa shape index (κ1) is 28.3. The summed E-state index contributed by atoms with van der Waals surface area (Å²) in [6.45, 7) is 5.41. The minimum atomic E-state index is -1.02. The summed E-state index contributed by atoms with van der Waals surface area (Å²) in [5, 5.41) is 12.2. The summed E-state index contributed by atoms with van der Waals surface area (Å²) >= 11 is 0.435. The van der Waals surface area contributed by atoms with Crippen LogP contribution in [0.1, 0.15) is 58.8 Å². The zero-order chi connectivity index (χ0) is 18.8. The Morgan fingerprint density at radius 2 is 1.65 bits per heavy atom. The maximum Gasteiger partial charge on any atom is 1.00 e. The summed E-state index contributed by atoms with van der Waals surface area (Å²) in [5.74, 6) is -1.25. The van der Waals surface area contributed by atoms with Crippen molar-refractivity contribution in [2.75, 3.05) is 26.4 Å². The Hall–Kier alpha value is 0.130. The fourth-order valence-corrected chi connectivity index (χ4v) is 2.27. The van der Waals surface area contributed by atoms with E-state index in [0.29, 0.717) is 25.3 Å². The van der Waals surface area contributed by atoms with Gasteiger partial charge in [-0.25, -0.2) is 0 Å². The molecule has 0 radical (unpaired) electrons. The Labute approximate surface area is 182 Å². The van der Waals surface area contributed by atoms with E-state index in [-0.39, 0.29) is 49.2 Å². The van der Waals surface area contributed by atoms with E-state index >= 15 is 0 Å². The zero-order valence-electron chi connectivity index (χ0n) is 16.0. The Balaban J connectivity index is 0. The summed E-state index contributed by atoms with van der Waals surface area (Å²) in [5.41, 5.74) is 0. The molecule has 0 amide bonds. The molecule has 0 aromatic heterocycles. The Morgan fingerprint density at radius 3 is 2.31 bits per heavy atom. The minimum absolute atomic E-state index is 0. The number of esters is 2. The normalized spacial score (nSPS) is 11.5. The van der Waals surface area contributed by atoms with Gasteiger partial charge in [0.05, 0.1) is 19.6 Å². The number of carbonyl (C=O) groups is 2. The molecule has 0 aliphatic rings. The molecule has 0 N–H and O–H groups in total. The molecular weight excluding hydrogens is 375 g/mol. The van der Waals surface area contributed by atoms with Crippen molar-refractivity contribution >= 4 is 24.0 Å². The molecule has 0 spiro atoms. The quantitative estimate of drug-likeness (QED) is 0.0762. The molecule has 0 saturated heterocycles. The zero-order valence-corrected chi connectivity index (χ0v) is 18.8. The van der Waals surface area contributed by atoms with Crippen LogP contribution in [-0.2, 0) is 33.2 Å². The van der Waals surface area contributed by atoms with E-state index < -0.39 is 17.2 Å². The van der Waals surface area contributed by atoms with Crippen molar-refractivity contribution in [1.82, 2.24) is 0 Å². The number of hydrogen-bond donors (Lipinski definition) is 0. The van der Waals surface area contributed by atoms with Crippen molar-refractivity contribution in [2.45, 2.75) is 64.0 Å².